The van der Waals surface area contributed by atoms with Gasteiger partial charge in [-0.05, 0) is 0 Å². The molecule has 1 aromatic carbocycles. The first-order chi connectivity index (χ1) is 9.84. The predicted molar refractivity (Wildman–Crippen MR) is 89.2 cm³/mol. The summed E-state index contributed by atoms with van der Waals surface area (Å²) in [7, 11) is 0. The van der Waals surface area contributed by atoms with Crippen LogP contribution >= 0.6 is 0 Å². The standard InChI is InChI=1S/C18H30OTe/c1-2-3-4-5-6-7-8-9-10-14-17-20(19)18-15-12-11-13-16-18/h11-13,15-16H,2-10,14,17H2,1H3. The Balaban J connectivity index is 1.91. The van der Waals surface area contributed by atoms with Crippen molar-refractivity contribution in [2.75, 3.05) is 0 Å². The van der Waals surface area contributed by atoms with E-state index >= 15 is 0 Å². The van der Waals surface area contributed by atoms with Gasteiger partial charge in [0.25, 0.3) is 0 Å². The van der Waals surface area contributed by atoms with Crippen molar-refractivity contribution in [2.24, 2.45) is 0 Å². The van der Waals surface area contributed by atoms with Crippen molar-refractivity contribution in [3.05, 3.63) is 30.3 Å². The Kier molecular flexibility index (Phi) is 11.2. The van der Waals surface area contributed by atoms with Gasteiger partial charge in [0, 0.05) is 0 Å². The topological polar surface area (TPSA) is 17.1 Å². The molecule has 1 rings (SSSR count). The Bertz CT molecular complexity index is 348. The Labute approximate surface area is 132 Å². The molecule has 0 bridgehead atoms. The van der Waals surface area contributed by atoms with Crippen molar-refractivity contribution in [3.63, 3.8) is 0 Å². The van der Waals surface area contributed by atoms with E-state index in [1.54, 1.807) is 0 Å². The van der Waals surface area contributed by atoms with Crippen molar-refractivity contribution < 1.29 is 3.10 Å². The molecule has 0 spiro atoms. The zero-order valence-electron chi connectivity index (χ0n) is 13.0. The van der Waals surface area contributed by atoms with Crippen LogP contribution in [0.4, 0.5) is 0 Å². The molecular formula is C18H30OTe. The molecule has 0 aromatic heterocycles. The summed E-state index contributed by atoms with van der Waals surface area (Å²) in [5, 5.41) is 0. The summed E-state index contributed by atoms with van der Waals surface area (Å²) < 4.78 is 14.2. The second kappa shape index (κ2) is 12.5. The molecule has 0 unspecified atom stereocenters. The van der Waals surface area contributed by atoms with Crippen molar-refractivity contribution in [2.45, 2.75) is 75.6 Å². The third-order valence-corrected chi connectivity index (χ3v) is 7.85. The number of hydrogen-bond donors (Lipinski definition) is 0. The van der Waals surface area contributed by atoms with Gasteiger partial charge < -0.3 is 0 Å². The Morgan fingerprint density at radius 3 is 1.80 bits per heavy atom. The van der Waals surface area contributed by atoms with E-state index in [0.29, 0.717) is 0 Å². The van der Waals surface area contributed by atoms with Crippen LogP contribution < -0.4 is 3.61 Å². The van der Waals surface area contributed by atoms with E-state index in [1.165, 1.54) is 57.8 Å². The van der Waals surface area contributed by atoms with Crippen molar-refractivity contribution in [1.29, 1.82) is 0 Å². The fourth-order valence-electron chi connectivity index (χ4n) is 2.41. The van der Waals surface area contributed by atoms with Gasteiger partial charge in [-0.2, -0.15) is 0 Å². The van der Waals surface area contributed by atoms with Gasteiger partial charge in [0.15, 0.2) is 0 Å². The van der Waals surface area contributed by atoms with Crippen LogP contribution in [0.25, 0.3) is 0 Å². The van der Waals surface area contributed by atoms with Crippen molar-refractivity contribution in [1.82, 2.24) is 0 Å². The summed E-state index contributed by atoms with van der Waals surface area (Å²) in [5.41, 5.74) is 0. The summed E-state index contributed by atoms with van der Waals surface area (Å²) in [6, 6.07) is 10.1. The van der Waals surface area contributed by atoms with E-state index < -0.39 is 19.5 Å². The van der Waals surface area contributed by atoms with Gasteiger partial charge >= 0.3 is 132 Å². The molecule has 0 aliphatic carbocycles. The Morgan fingerprint density at radius 2 is 1.25 bits per heavy atom. The second-order valence-electron chi connectivity index (χ2n) is 5.54. The van der Waals surface area contributed by atoms with Crippen LogP contribution in [-0.4, -0.2) is 19.5 Å². The number of hydrogen-bond acceptors (Lipinski definition) is 1. The SMILES string of the molecule is CCCCCCCCCCCC[Te](=O)c1ccccc1. The van der Waals surface area contributed by atoms with E-state index in [0.717, 1.165) is 14.5 Å². The fraction of sp³-hybridized carbons (Fsp3) is 0.667. The van der Waals surface area contributed by atoms with Gasteiger partial charge in [-0.1, -0.05) is 0 Å². The molecule has 0 radical (unpaired) electrons. The first-order valence-corrected chi connectivity index (χ1v) is 12.0. The van der Waals surface area contributed by atoms with E-state index in [2.05, 4.69) is 6.92 Å². The summed E-state index contributed by atoms with van der Waals surface area (Å²) in [6.45, 7) is 2.27. The summed E-state index contributed by atoms with van der Waals surface area (Å²) in [6.07, 6.45) is 13.5. The average Bonchev–Trinajstić information content (AvgIpc) is 2.50. The molecule has 0 heterocycles. The number of benzene rings is 1. The molecule has 1 aromatic rings. The molecule has 0 amide bonds. The number of unbranched alkanes of at least 4 members (excludes halogenated alkanes) is 9. The minimum absolute atomic E-state index is 0.962. The normalized spacial score (nSPS) is 11.1. The predicted octanol–water partition coefficient (Wildman–Crippen LogP) is 5.24. The molecular weight excluding hydrogens is 360 g/mol. The Hall–Kier alpha value is -0.190. The van der Waals surface area contributed by atoms with Crippen LogP contribution in [0.2, 0.25) is 4.47 Å². The van der Waals surface area contributed by atoms with Crippen molar-refractivity contribution >= 4 is 23.1 Å². The van der Waals surface area contributed by atoms with Crippen LogP contribution in [0.5, 0.6) is 0 Å². The van der Waals surface area contributed by atoms with Crippen LogP contribution in [0.1, 0.15) is 71.1 Å². The van der Waals surface area contributed by atoms with Crippen LogP contribution in [-0.2, 0) is 3.10 Å². The third kappa shape index (κ3) is 8.88. The first-order valence-electron chi connectivity index (χ1n) is 8.28. The van der Waals surface area contributed by atoms with Crippen LogP contribution in [0.15, 0.2) is 30.3 Å². The monoisotopic (exact) mass is 392 g/mol. The third-order valence-electron chi connectivity index (χ3n) is 3.69. The van der Waals surface area contributed by atoms with Gasteiger partial charge in [-0.25, -0.2) is 0 Å². The molecule has 1 nitrogen and oxygen atoms in total. The maximum absolute atomic E-state index is 12.1. The molecule has 0 atom stereocenters. The van der Waals surface area contributed by atoms with E-state index in [-0.39, 0.29) is 0 Å². The van der Waals surface area contributed by atoms with Gasteiger partial charge in [0.2, 0.25) is 0 Å². The molecule has 0 saturated heterocycles. The molecule has 0 aliphatic rings. The molecule has 0 N–H and O–H groups in total. The molecule has 2 heteroatoms. The zero-order valence-corrected chi connectivity index (χ0v) is 15.3. The molecule has 114 valence electrons. The Morgan fingerprint density at radius 1 is 0.750 bits per heavy atom. The summed E-state index contributed by atoms with van der Waals surface area (Å²) in [5.74, 6) is 0. The maximum atomic E-state index is 12.1. The first kappa shape index (κ1) is 17.9. The van der Waals surface area contributed by atoms with Gasteiger partial charge in [0.05, 0.1) is 0 Å². The number of rotatable bonds is 12. The summed E-state index contributed by atoms with van der Waals surface area (Å²) >= 11 is -2.19. The fourth-order valence-corrected chi connectivity index (χ4v) is 5.73. The van der Waals surface area contributed by atoms with Gasteiger partial charge in [-0.15, -0.1) is 0 Å². The summed E-state index contributed by atoms with van der Waals surface area (Å²) in [4.78, 5) is 0. The zero-order chi connectivity index (χ0) is 14.5. The molecule has 0 aliphatic heterocycles. The van der Waals surface area contributed by atoms with E-state index in [4.69, 9.17) is 0 Å². The molecule has 0 fully saturated rings. The molecule has 0 saturated carbocycles. The molecule has 20 heavy (non-hydrogen) atoms. The van der Waals surface area contributed by atoms with E-state index in [1.807, 2.05) is 30.3 Å². The minimum atomic E-state index is -2.19. The van der Waals surface area contributed by atoms with Crippen LogP contribution in [0.3, 0.4) is 0 Å². The quantitative estimate of drug-likeness (QED) is 0.353. The van der Waals surface area contributed by atoms with Crippen molar-refractivity contribution in [3.8, 4) is 0 Å². The van der Waals surface area contributed by atoms with Crippen LogP contribution in [0, 0.1) is 0 Å². The van der Waals surface area contributed by atoms with Gasteiger partial charge in [-0.3, -0.25) is 0 Å². The van der Waals surface area contributed by atoms with Gasteiger partial charge in [0.1, 0.15) is 0 Å². The second-order valence-corrected chi connectivity index (χ2v) is 10.0. The average molecular weight is 390 g/mol. The van der Waals surface area contributed by atoms with E-state index in [9.17, 15) is 3.10 Å².